The maximum absolute atomic E-state index is 10.2. The molecular formula is C25H31N3O3. The molecule has 2 aliphatic rings. The highest BCUT2D eigenvalue weighted by Crippen LogP contribution is 2.40. The fourth-order valence-corrected chi connectivity index (χ4v) is 4.39. The van der Waals surface area contributed by atoms with Gasteiger partial charge in [-0.2, -0.15) is 0 Å². The number of aliphatic hydroxyl groups excluding tert-OH is 1. The Morgan fingerprint density at radius 3 is 2.77 bits per heavy atom. The van der Waals surface area contributed by atoms with Gasteiger partial charge in [-0.15, -0.1) is 6.58 Å². The van der Waals surface area contributed by atoms with E-state index < -0.39 is 0 Å². The van der Waals surface area contributed by atoms with Gasteiger partial charge in [-0.1, -0.05) is 25.1 Å². The van der Waals surface area contributed by atoms with E-state index in [0.717, 1.165) is 55.2 Å². The van der Waals surface area contributed by atoms with Gasteiger partial charge in [0.05, 0.1) is 30.7 Å². The number of phenols is 1. The number of anilines is 2. The van der Waals surface area contributed by atoms with Crippen molar-refractivity contribution in [1.29, 1.82) is 0 Å². The first-order valence-electron chi connectivity index (χ1n) is 11.0. The second kappa shape index (κ2) is 9.43. The number of nitrogens with zero attached hydrogens (tertiary/aromatic N) is 3. The van der Waals surface area contributed by atoms with Gasteiger partial charge < -0.3 is 24.7 Å². The first-order chi connectivity index (χ1) is 15.1. The molecule has 0 aliphatic carbocycles. The fraction of sp³-hybridized carbons (Fsp3) is 0.400. The smallest absolute Gasteiger partial charge is 0.131 e. The second-order valence-electron chi connectivity index (χ2n) is 8.02. The van der Waals surface area contributed by atoms with E-state index in [2.05, 4.69) is 22.4 Å². The number of rotatable bonds is 7. The van der Waals surface area contributed by atoms with Gasteiger partial charge in [-0.25, -0.2) is 4.98 Å². The standard InChI is InChI=1S/C25H31N3O3/c1-3-6-19(16-20(29)4-2)28-10-9-22-23(28)17-24(27-11-13-31-14-12-27)26-25(22)18-7-5-8-21(30)15-18/h3,5,7-8,15-17,19,29-30H,1,4,6,9-14H2,2H3/b20-16+. The molecule has 1 atom stereocenters. The number of benzene rings is 1. The van der Waals surface area contributed by atoms with Crippen LogP contribution in [0.5, 0.6) is 5.75 Å². The molecule has 0 radical (unpaired) electrons. The number of phenolic OH excluding ortho intramolecular Hbond substituents is 1. The minimum Gasteiger partial charge on any atom is -0.513 e. The molecule has 0 spiro atoms. The molecule has 1 aromatic carbocycles. The second-order valence-corrected chi connectivity index (χ2v) is 8.02. The number of morpholine rings is 1. The highest BCUT2D eigenvalue weighted by molar-refractivity contribution is 5.77. The first kappa shape index (κ1) is 21.2. The third kappa shape index (κ3) is 4.54. The summed E-state index contributed by atoms with van der Waals surface area (Å²) in [5.41, 5.74) is 4.15. The Kier molecular flexibility index (Phi) is 6.47. The molecule has 31 heavy (non-hydrogen) atoms. The Bertz CT molecular complexity index is 966. The van der Waals surface area contributed by atoms with Crippen LogP contribution in [-0.4, -0.2) is 54.1 Å². The van der Waals surface area contributed by atoms with E-state index in [9.17, 15) is 10.2 Å². The van der Waals surface area contributed by atoms with Crippen LogP contribution in [0.3, 0.4) is 0 Å². The largest absolute Gasteiger partial charge is 0.513 e. The summed E-state index contributed by atoms with van der Waals surface area (Å²) in [6.45, 7) is 9.72. The Morgan fingerprint density at radius 2 is 2.06 bits per heavy atom. The lowest BCUT2D eigenvalue weighted by Gasteiger charge is -2.31. The van der Waals surface area contributed by atoms with Crippen molar-refractivity contribution in [3.63, 3.8) is 0 Å². The fourth-order valence-electron chi connectivity index (χ4n) is 4.39. The van der Waals surface area contributed by atoms with Crippen molar-refractivity contribution in [2.45, 2.75) is 32.2 Å². The number of aromatic nitrogens is 1. The normalized spacial score (nSPS) is 17.5. The number of ether oxygens (including phenoxy) is 1. The minimum absolute atomic E-state index is 0.0377. The lowest BCUT2D eigenvalue weighted by Crippen LogP contribution is -2.37. The van der Waals surface area contributed by atoms with Crippen LogP contribution < -0.4 is 9.80 Å². The molecule has 2 aliphatic heterocycles. The molecule has 0 amide bonds. The summed E-state index contributed by atoms with van der Waals surface area (Å²) in [7, 11) is 0. The van der Waals surface area contributed by atoms with Crippen LogP contribution in [0.15, 0.2) is 54.8 Å². The van der Waals surface area contributed by atoms with Crippen molar-refractivity contribution in [3.05, 3.63) is 60.4 Å². The highest BCUT2D eigenvalue weighted by atomic mass is 16.5. The number of hydrogen-bond acceptors (Lipinski definition) is 6. The quantitative estimate of drug-likeness (QED) is 0.509. The van der Waals surface area contributed by atoms with Crippen LogP contribution in [0.4, 0.5) is 11.5 Å². The molecule has 0 bridgehead atoms. The van der Waals surface area contributed by atoms with Gasteiger partial charge in [0.1, 0.15) is 11.6 Å². The zero-order valence-electron chi connectivity index (χ0n) is 18.1. The predicted octanol–water partition coefficient (Wildman–Crippen LogP) is 4.45. The van der Waals surface area contributed by atoms with Crippen molar-refractivity contribution in [2.75, 3.05) is 42.6 Å². The van der Waals surface area contributed by atoms with E-state index in [0.29, 0.717) is 25.4 Å². The maximum atomic E-state index is 10.2. The van der Waals surface area contributed by atoms with Gasteiger partial charge >= 0.3 is 0 Å². The van der Waals surface area contributed by atoms with E-state index in [4.69, 9.17) is 9.72 Å². The van der Waals surface area contributed by atoms with E-state index in [1.165, 1.54) is 5.56 Å². The van der Waals surface area contributed by atoms with Crippen molar-refractivity contribution in [3.8, 4) is 17.0 Å². The maximum Gasteiger partial charge on any atom is 0.131 e. The van der Waals surface area contributed by atoms with Crippen LogP contribution in [-0.2, 0) is 11.2 Å². The van der Waals surface area contributed by atoms with Gasteiger partial charge in [-0.05, 0) is 31.1 Å². The third-order valence-electron chi connectivity index (χ3n) is 6.01. The Morgan fingerprint density at radius 1 is 1.26 bits per heavy atom. The van der Waals surface area contributed by atoms with Gasteiger partial charge in [0, 0.05) is 48.9 Å². The minimum atomic E-state index is 0.0377. The zero-order valence-corrected chi connectivity index (χ0v) is 18.1. The molecule has 0 saturated carbocycles. The van der Waals surface area contributed by atoms with Gasteiger partial charge in [0.2, 0.25) is 0 Å². The van der Waals surface area contributed by atoms with Crippen LogP contribution in [0, 0.1) is 0 Å². The third-order valence-corrected chi connectivity index (χ3v) is 6.01. The molecular weight excluding hydrogens is 390 g/mol. The van der Waals surface area contributed by atoms with Crippen LogP contribution in [0.2, 0.25) is 0 Å². The summed E-state index contributed by atoms with van der Waals surface area (Å²) in [5.74, 6) is 1.56. The van der Waals surface area contributed by atoms with Crippen molar-refractivity contribution >= 4 is 11.5 Å². The van der Waals surface area contributed by atoms with E-state index >= 15 is 0 Å². The van der Waals surface area contributed by atoms with Crippen molar-refractivity contribution < 1.29 is 14.9 Å². The molecule has 3 heterocycles. The van der Waals surface area contributed by atoms with E-state index in [1.54, 1.807) is 12.1 Å². The number of aromatic hydroxyl groups is 1. The lowest BCUT2D eigenvalue weighted by molar-refractivity contribution is 0.122. The molecule has 164 valence electrons. The Hall–Kier alpha value is -2.99. The highest BCUT2D eigenvalue weighted by Gasteiger charge is 2.30. The molecule has 2 aromatic rings. The average Bonchev–Trinajstić information content (AvgIpc) is 3.22. The van der Waals surface area contributed by atoms with Crippen LogP contribution >= 0.6 is 0 Å². The van der Waals surface area contributed by atoms with Gasteiger partial charge in [-0.3, -0.25) is 0 Å². The molecule has 1 saturated heterocycles. The summed E-state index contributed by atoms with van der Waals surface area (Å²) in [5, 5.41) is 20.3. The van der Waals surface area contributed by atoms with Crippen molar-refractivity contribution in [2.24, 2.45) is 0 Å². The lowest BCUT2D eigenvalue weighted by atomic mass is 10.0. The summed E-state index contributed by atoms with van der Waals surface area (Å²) in [6.07, 6.45) is 6.07. The van der Waals surface area contributed by atoms with E-state index in [1.807, 2.05) is 31.2 Å². The van der Waals surface area contributed by atoms with Gasteiger partial charge in [0.25, 0.3) is 0 Å². The Balaban J connectivity index is 1.82. The summed E-state index contributed by atoms with van der Waals surface area (Å²) in [4.78, 5) is 9.65. The van der Waals surface area contributed by atoms with Crippen molar-refractivity contribution in [1.82, 2.24) is 4.98 Å². The zero-order chi connectivity index (χ0) is 21.8. The number of pyridine rings is 1. The molecule has 6 heteroatoms. The Labute approximate surface area is 184 Å². The summed E-state index contributed by atoms with van der Waals surface area (Å²) < 4.78 is 5.53. The number of aliphatic hydroxyl groups is 1. The van der Waals surface area contributed by atoms with Gasteiger partial charge in [0.15, 0.2) is 0 Å². The topological polar surface area (TPSA) is 69.1 Å². The average molecular weight is 422 g/mol. The molecule has 1 unspecified atom stereocenters. The molecule has 1 aromatic heterocycles. The monoisotopic (exact) mass is 421 g/mol. The summed E-state index contributed by atoms with van der Waals surface area (Å²) in [6, 6.07) is 9.52. The number of allylic oxidation sites excluding steroid dienone is 1. The molecule has 4 rings (SSSR count). The van der Waals surface area contributed by atoms with Crippen LogP contribution in [0.1, 0.15) is 25.3 Å². The summed E-state index contributed by atoms with van der Waals surface area (Å²) >= 11 is 0. The number of hydrogen-bond donors (Lipinski definition) is 2. The molecule has 2 N–H and O–H groups in total. The van der Waals surface area contributed by atoms with E-state index in [-0.39, 0.29) is 11.8 Å². The molecule has 1 fully saturated rings. The number of fused-ring (bicyclic) bond motifs is 1. The SMILES string of the molecule is C=CCC(/C=C(/O)CC)N1CCc2c1cc(N1CCOCC1)nc2-c1cccc(O)c1. The first-order valence-corrected chi connectivity index (χ1v) is 11.0. The predicted molar refractivity (Wildman–Crippen MR) is 125 cm³/mol. The van der Waals surface area contributed by atoms with Crippen LogP contribution in [0.25, 0.3) is 11.3 Å². The molecule has 6 nitrogen and oxygen atoms in total.